The molecule has 6 rings (SSSR count). The summed E-state index contributed by atoms with van der Waals surface area (Å²) in [5, 5.41) is 20.3. The zero-order valence-electron chi connectivity index (χ0n) is 18.8. The first-order chi connectivity index (χ1) is 16.6. The van der Waals surface area contributed by atoms with Gasteiger partial charge in [0.1, 0.15) is 5.82 Å². The summed E-state index contributed by atoms with van der Waals surface area (Å²) < 4.78 is 1.76. The van der Waals surface area contributed by atoms with Gasteiger partial charge in [-0.1, -0.05) is 6.07 Å². The van der Waals surface area contributed by atoms with Crippen molar-refractivity contribution in [3.8, 4) is 22.4 Å². The summed E-state index contributed by atoms with van der Waals surface area (Å²) in [5.74, 6) is 0.577. The van der Waals surface area contributed by atoms with E-state index in [1.165, 1.54) is 0 Å². The second-order valence-electron chi connectivity index (χ2n) is 8.86. The minimum absolute atomic E-state index is 0.0983. The van der Waals surface area contributed by atoms with Crippen LogP contribution in [0.4, 0.5) is 17.2 Å². The van der Waals surface area contributed by atoms with Crippen molar-refractivity contribution < 1.29 is 9.90 Å². The lowest BCUT2D eigenvalue weighted by Gasteiger charge is -2.31. The van der Waals surface area contributed by atoms with Crippen molar-refractivity contribution >= 4 is 23.1 Å². The Hall–Kier alpha value is -3.98. The van der Waals surface area contributed by atoms with Crippen LogP contribution in [0, 0.1) is 0 Å². The largest absolute Gasteiger partial charge is 0.393 e. The molecule has 0 radical (unpaired) electrons. The smallest absolute Gasteiger partial charge is 0.254 e. The van der Waals surface area contributed by atoms with Crippen LogP contribution in [0.15, 0.2) is 49.1 Å². The summed E-state index contributed by atoms with van der Waals surface area (Å²) in [6.07, 6.45) is 8.73. The number of aromatic nitrogens is 4. The molecule has 1 aromatic carbocycles. The van der Waals surface area contributed by atoms with Gasteiger partial charge in [0.2, 0.25) is 0 Å². The van der Waals surface area contributed by atoms with Crippen LogP contribution in [0.3, 0.4) is 0 Å². The number of nitrogens with one attached hydrogen (secondary N) is 2. The highest BCUT2D eigenvalue weighted by Gasteiger charge is 2.28. The van der Waals surface area contributed by atoms with Gasteiger partial charge in [0.25, 0.3) is 5.91 Å². The monoisotopic (exact) mass is 455 g/mol. The molecule has 0 atom stereocenters. The van der Waals surface area contributed by atoms with Crippen molar-refractivity contribution in [2.24, 2.45) is 7.05 Å². The Morgan fingerprint density at radius 1 is 1.03 bits per heavy atom. The van der Waals surface area contributed by atoms with Gasteiger partial charge in [0.05, 0.1) is 41.1 Å². The van der Waals surface area contributed by atoms with Gasteiger partial charge in [0, 0.05) is 50.2 Å². The maximum atomic E-state index is 12.8. The number of nitrogens with zero attached hydrogens (tertiary/aromatic N) is 5. The van der Waals surface area contributed by atoms with Crippen molar-refractivity contribution in [3.63, 3.8) is 0 Å². The zero-order valence-corrected chi connectivity index (χ0v) is 18.8. The molecule has 2 aromatic rings. The van der Waals surface area contributed by atoms with Gasteiger partial charge in [-0.15, -0.1) is 0 Å². The van der Waals surface area contributed by atoms with E-state index < -0.39 is 0 Å². The third kappa shape index (κ3) is 3.54. The van der Waals surface area contributed by atoms with Crippen LogP contribution in [0.5, 0.6) is 0 Å². The van der Waals surface area contributed by atoms with Crippen LogP contribution in [0.2, 0.25) is 0 Å². The summed E-state index contributed by atoms with van der Waals surface area (Å²) in [6.45, 7) is 2.12. The number of aliphatic hydroxyl groups is 1. The van der Waals surface area contributed by atoms with Crippen LogP contribution in [-0.4, -0.2) is 50.0 Å². The highest BCUT2D eigenvalue weighted by molar-refractivity contribution is 6.06. The molecule has 0 unspecified atom stereocenters. The second-order valence-corrected chi connectivity index (χ2v) is 8.86. The van der Waals surface area contributed by atoms with E-state index in [1.807, 2.05) is 49.9 Å². The Labute approximate surface area is 196 Å². The fourth-order valence-electron chi connectivity index (χ4n) is 4.84. The molecule has 0 bridgehead atoms. The topological polar surface area (TPSA) is 108 Å². The molecule has 4 aliphatic rings. The maximum absolute atomic E-state index is 12.8. The quantitative estimate of drug-likeness (QED) is 0.434. The number of piperidine rings is 1. The fourth-order valence-corrected chi connectivity index (χ4v) is 4.84. The molecule has 3 N–H and O–H groups in total. The summed E-state index contributed by atoms with van der Waals surface area (Å²) in [7, 11) is 1.88. The first kappa shape index (κ1) is 20.6. The number of aliphatic hydroxyl groups excluding tert-OH is 1. The van der Waals surface area contributed by atoms with E-state index in [4.69, 9.17) is 0 Å². The molecule has 0 spiro atoms. The molecular formula is C25H25N7O2. The minimum atomic E-state index is -0.206. The second kappa shape index (κ2) is 8.11. The Bertz CT molecular complexity index is 1340. The third-order valence-electron chi connectivity index (χ3n) is 6.67. The zero-order chi connectivity index (χ0) is 23.2. The number of aryl methyl sites for hydroxylation is 1. The van der Waals surface area contributed by atoms with Crippen molar-refractivity contribution in [2.45, 2.75) is 25.5 Å². The lowest BCUT2D eigenvalue weighted by molar-refractivity contribution is 0.0966. The molecule has 1 amide bonds. The van der Waals surface area contributed by atoms with E-state index in [0.717, 1.165) is 65.3 Å². The van der Waals surface area contributed by atoms with Crippen LogP contribution in [0.1, 0.15) is 28.8 Å². The van der Waals surface area contributed by atoms with E-state index in [2.05, 4.69) is 30.6 Å². The summed E-state index contributed by atoms with van der Waals surface area (Å²) >= 11 is 0. The van der Waals surface area contributed by atoms with Crippen LogP contribution < -0.4 is 15.5 Å². The number of amides is 1. The van der Waals surface area contributed by atoms with Gasteiger partial charge in [-0.05, 0) is 42.2 Å². The highest BCUT2D eigenvalue weighted by Crippen LogP contribution is 2.39. The van der Waals surface area contributed by atoms with Crippen molar-refractivity contribution in [2.75, 3.05) is 23.3 Å². The van der Waals surface area contributed by atoms with E-state index in [-0.39, 0.29) is 12.0 Å². The summed E-state index contributed by atoms with van der Waals surface area (Å²) in [5.41, 5.74) is 7.16. The number of pyridine rings is 1. The first-order valence-electron chi connectivity index (χ1n) is 11.4. The number of carbonyl (C=O) groups excluding carboxylic acids is 1. The number of hydrogen-bond acceptors (Lipinski definition) is 7. The molecule has 5 heterocycles. The van der Waals surface area contributed by atoms with E-state index in [0.29, 0.717) is 17.9 Å². The average Bonchev–Trinajstić information content (AvgIpc) is 3.44. The number of rotatable bonds is 4. The molecule has 34 heavy (non-hydrogen) atoms. The molecule has 4 aliphatic heterocycles. The normalized spacial score (nSPS) is 16.1. The average molecular weight is 456 g/mol. The number of anilines is 3. The number of hydrogen-bond donors (Lipinski definition) is 3. The van der Waals surface area contributed by atoms with Gasteiger partial charge in [-0.3, -0.25) is 14.5 Å². The Morgan fingerprint density at radius 2 is 1.88 bits per heavy atom. The Morgan fingerprint density at radius 3 is 2.68 bits per heavy atom. The SMILES string of the molecule is Cn1cc2c(-c3ccc(Nc4ccc(N5CCC(O)CC5)cn4)c4c3CNC4=O)cnc-2cn1. The van der Waals surface area contributed by atoms with Crippen molar-refractivity contribution in [1.82, 2.24) is 25.1 Å². The lowest BCUT2D eigenvalue weighted by atomic mass is 9.94. The van der Waals surface area contributed by atoms with E-state index in [9.17, 15) is 9.90 Å². The fraction of sp³-hybridized carbons (Fsp3) is 0.280. The molecule has 1 saturated heterocycles. The Kier molecular flexibility index (Phi) is 4.91. The Balaban J connectivity index is 1.30. The number of carbonyl (C=O) groups is 1. The third-order valence-corrected chi connectivity index (χ3v) is 6.67. The number of benzene rings is 1. The molecule has 0 aliphatic carbocycles. The van der Waals surface area contributed by atoms with Gasteiger partial charge in [-0.2, -0.15) is 5.10 Å². The predicted molar refractivity (Wildman–Crippen MR) is 129 cm³/mol. The molecule has 1 fully saturated rings. The first-order valence-corrected chi connectivity index (χ1v) is 11.4. The summed E-state index contributed by atoms with van der Waals surface area (Å²) in [6, 6.07) is 7.92. The van der Waals surface area contributed by atoms with Crippen molar-refractivity contribution in [3.05, 3.63) is 60.2 Å². The molecule has 0 saturated carbocycles. The molecule has 9 heteroatoms. The van der Waals surface area contributed by atoms with Crippen LogP contribution >= 0.6 is 0 Å². The van der Waals surface area contributed by atoms with E-state index >= 15 is 0 Å². The summed E-state index contributed by atoms with van der Waals surface area (Å²) in [4.78, 5) is 24.1. The standard InChI is InChI=1S/C25H25N7O2/c1-31-14-20-18(11-26-22(20)13-29-31)17-3-4-21(24-19(17)12-28-25(24)34)30-23-5-2-15(10-27-23)32-8-6-16(33)7-9-32/h2-5,10-11,13-14,16,33H,6-9,12H2,1H3,(H,27,30)(H,28,34). The highest BCUT2D eigenvalue weighted by atomic mass is 16.3. The molecular weight excluding hydrogens is 430 g/mol. The van der Waals surface area contributed by atoms with Crippen LogP contribution in [0.25, 0.3) is 22.4 Å². The van der Waals surface area contributed by atoms with Gasteiger partial charge < -0.3 is 20.6 Å². The van der Waals surface area contributed by atoms with Crippen LogP contribution in [-0.2, 0) is 13.6 Å². The molecule has 1 aromatic heterocycles. The minimum Gasteiger partial charge on any atom is -0.393 e. The lowest BCUT2D eigenvalue weighted by Crippen LogP contribution is -2.35. The molecule has 172 valence electrons. The van der Waals surface area contributed by atoms with Crippen molar-refractivity contribution in [1.29, 1.82) is 0 Å². The van der Waals surface area contributed by atoms with Gasteiger partial charge in [0.15, 0.2) is 0 Å². The van der Waals surface area contributed by atoms with E-state index in [1.54, 1.807) is 10.9 Å². The molecule has 9 nitrogen and oxygen atoms in total. The maximum Gasteiger partial charge on any atom is 0.254 e. The van der Waals surface area contributed by atoms with Gasteiger partial charge in [-0.25, -0.2) is 4.98 Å². The predicted octanol–water partition coefficient (Wildman–Crippen LogP) is 2.93. The number of fused-ring (bicyclic) bond motifs is 2. The van der Waals surface area contributed by atoms with Gasteiger partial charge >= 0.3 is 0 Å².